The van der Waals surface area contributed by atoms with E-state index >= 15 is 0 Å². The molecule has 1 aromatic heterocycles. The molecule has 0 aliphatic heterocycles. The molecule has 0 aliphatic rings. The van der Waals surface area contributed by atoms with Gasteiger partial charge in [-0.1, -0.05) is 13.3 Å². The molecular formula is C14H25BrN2O2. The molecule has 0 saturated carbocycles. The van der Waals surface area contributed by atoms with Gasteiger partial charge in [-0.3, -0.25) is 4.68 Å². The van der Waals surface area contributed by atoms with Crippen LogP contribution in [0.2, 0.25) is 0 Å². The normalized spacial score (nSPS) is 14.6. The topological polar surface area (TPSA) is 47.3 Å². The van der Waals surface area contributed by atoms with E-state index in [1.807, 2.05) is 18.5 Å². The van der Waals surface area contributed by atoms with Crippen LogP contribution in [0.5, 0.6) is 0 Å². The van der Waals surface area contributed by atoms with Crippen molar-refractivity contribution in [2.75, 3.05) is 6.61 Å². The number of halogens is 1. The second kappa shape index (κ2) is 8.02. The summed E-state index contributed by atoms with van der Waals surface area (Å²) in [4.78, 5) is 0. The molecule has 5 heteroatoms. The molecule has 19 heavy (non-hydrogen) atoms. The van der Waals surface area contributed by atoms with Crippen molar-refractivity contribution in [2.24, 2.45) is 0 Å². The Hall–Kier alpha value is -0.390. The first kappa shape index (κ1) is 16.7. The lowest BCUT2D eigenvalue weighted by Gasteiger charge is -2.22. The van der Waals surface area contributed by atoms with Gasteiger partial charge >= 0.3 is 0 Å². The van der Waals surface area contributed by atoms with Crippen LogP contribution in [0.4, 0.5) is 0 Å². The fourth-order valence-electron chi connectivity index (χ4n) is 2.28. The highest BCUT2D eigenvalue weighted by Gasteiger charge is 2.23. The maximum Gasteiger partial charge on any atom is 0.0857 e. The third-order valence-electron chi connectivity index (χ3n) is 3.24. The Kier molecular flexibility index (Phi) is 7.04. The highest BCUT2D eigenvalue weighted by Crippen LogP contribution is 2.24. The third kappa shape index (κ3) is 4.29. The van der Waals surface area contributed by atoms with Crippen molar-refractivity contribution in [2.45, 2.75) is 65.7 Å². The predicted molar refractivity (Wildman–Crippen MR) is 80.4 cm³/mol. The molecule has 4 nitrogen and oxygen atoms in total. The molecule has 0 fully saturated rings. The van der Waals surface area contributed by atoms with Crippen LogP contribution in [0.25, 0.3) is 0 Å². The summed E-state index contributed by atoms with van der Waals surface area (Å²) in [5.41, 5.74) is 2.01. The average Bonchev–Trinajstić information content (AvgIpc) is 2.66. The van der Waals surface area contributed by atoms with Crippen molar-refractivity contribution in [1.82, 2.24) is 9.78 Å². The largest absolute Gasteiger partial charge is 0.390 e. The molecule has 0 amide bonds. The SMILES string of the molecule is CCCC(OCC)C(O)Cc1c(Br)c(C)nn1CC. The smallest absolute Gasteiger partial charge is 0.0857 e. The number of aliphatic hydroxyl groups excluding tert-OH is 1. The molecule has 1 rings (SSSR count). The fraction of sp³-hybridized carbons (Fsp3) is 0.786. The van der Waals surface area contributed by atoms with Gasteiger partial charge in [-0.05, 0) is 43.1 Å². The zero-order valence-electron chi connectivity index (χ0n) is 12.3. The summed E-state index contributed by atoms with van der Waals surface area (Å²) in [6.45, 7) is 9.54. The summed E-state index contributed by atoms with van der Waals surface area (Å²) >= 11 is 3.56. The molecule has 0 radical (unpaired) electrons. The number of rotatable bonds is 8. The molecule has 110 valence electrons. The maximum atomic E-state index is 10.4. The minimum absolute atomic E-state index is 0.0950. The molecule has 1 heterocycles. The molecule has 2 atom stereocenters. The predicted octanol–water partition coefficient (Wildman–Crippen LogP) is 3.08. The van der Waals surface area contributed by atoms with Gasteiger partial charge in [-0.15, -0.1) is 0 Å². The number of hydrogen-bond acceptors (Lipinski definition) is 3. The highest BCUT2D eigenvalue weighted by atomic mass is 79.9. The quantitative estimate of drug-likeness (QED) is 0.795. The van der Waals surface area contributed by atoms with Gasteiger partial charge in [-0.25, -0.2) is 0 Å². The van der Waals surface area contributed by atoms with Gasteiger partial charge in [0.25, 0.3) is 0 Å². The van der Waals surface area contributed by atoms with E-state index in [9.17, 15) is 5.11 Å². The van der Waals surface area contributed by atoms with Crippen LogP contribution in [0, 0.1) is 6.92 Å². The fourth-order valence-corrected chi connectivity index (χ4v) is 2.72. The number of ether oxygens (including phenoxy) is 1. The average molecular weight is 333 g/mol. The summed E-state index contributed by atoms with van der Waals surface area (Å²) < 4.78 is 8.58. The Labute approximate surface area is 124 Å². The molecule has 2 unspecified atom stereocenters. The molecule has 0 aliphatic carbocycles. The third-order valence-corrected chi connectivity index (χ3v) is 4.27. The van der Waals surface area contributed by atoms with E-state index in [1.54, 1.807) is 0 Å². The van der Waals surface area contributed by atoms with E-state index < -0.39 is 6.10 Å². The summed E-state index contributed by atoms with van der Waals surface area (Å²) in [6, 6.07) is 0. The maximum absolute atomic E-state index is 10.4. The second-order valence-electron chi connectivity index (χ2n) is 4.72. The van der Waals surface area contributed by atoms with E-state index in [1.165, 1.54) is 0 Å². The molecule has 0 spiro atoms. The lowest BCUT2D eigenvalue weighted by molar-refractivity contribution is -0.0371. The molecule has 1 aromatic rings. The first-order chi connectivity index (χ1) is 9.04. The number of aryl methyl sites for hydroxylation is 2. The van der Waals surface area contributed by atoms with Gasteiger partial charge in [0.2, 0.25) is 0 Å². The zero-order chi connectivity index (χ0) is 14.4. The van der Waals surface area contributed by atoms with Gasteiger partial charge in [0.05, 0.1) is 28.1 Å². The van der Waals surface area contributed by atoms with E-state index in [-0.39, 0.29) is 6.10 Å². The first-order valence-corrected chi connectivity index (χ1v) is 7.85. The monoisotopic (exact) mass is 332 g/mol. The van der Waals surface area contributed by atoms with Crippen LogP contribution in [-0.2, 0) is 17.7 Å². The number of hydrogen-bond donors (Lipinski definition) is 1. The number of nitrogens with zero attached hydrogens (tertiary/aromatic N) is 2. The molecule has 0 aromatic carbocycles. The lowest BCUT2D eigenvalue weighted by Crippen LogP contribution is -2.31. The Balaban J connectivity index is 2.82. The summed E-state index contributed by atoms with van der Waals surface area (Å²) in [5, 5.41) is 14.8. The van der Waals surface area contributed by atoms with Crippen LogP contribution in [0.1, 0.15) is 45.0 Å². The Morgan fingerprint density at radius 3 is 2.58 bits per heavy atom. The second-order valence-corrected chi connectivity index (χ2v) is 5.51. The number of aromatic nitrogens is 2. The summed E-state index contributed by atoms with van der Waals surface area (Å²) in [6.07, 6.45) is 1.88. The minimum atomic E-state index is -0.488. The van der Waals surface area contributed by atoms with Crippen molar-refractivity contribution < 1.29 is 9.84 Å². The van der Waals surface area contributed by atoms with Gasteiger partial charge in [0.15, 0.2) is 0 Å². The van der Waals surface area contributed by atoms with Gasteiger partial charge in [0, 0.05) is 19.6 Å². The van der Waals surface area contributed by atoms with Gasteiger partial charge < -0.3 is 9.84 Å². The van der Waals surface area contributed by atoms with Crippen LogP contribution < -0.4 is 0 Å². The number of aliphatic hydroxyl groups is 1. The molecular weight excluding hydrogens is 308 g/mol. The summed E-state index contributed by atoms with van der Waals surface area (Å²) in [7, 11) is 0. The molecule has 1 N–H and O–H groups in total. The van der Waals surface area contributed by atoms with Crippen molar-refractivity contribution in [3.8, 4) is 0 Å². The first-order valence-electron chi connectivity index (χ1n) is 7.06. The standard InChI is InChI=1S/C14H25BrN2O2/c1-5-8-13(19-7-3)12(18)9-11-14(15)10(4)16-17(11)6-2/h12-13,18H,5-9H2,1-4H3. The van der Waals surface area contributed by atoms with Crippen LogP contribution in [-0.4, -0.2) is 33.7 Å². The van der Waals surface area contributed by atoms with Crippen LogP contribution in [0.15, 0.2) is 4.47 Å². The van der Waals surface area contributed by atoms with Gasteiger partial charge in [0.1, 0.15) is 0 Å². The van der Waals surface area contributed by atoms with E-state index in [2.05, 4.69) is 34.9 Å². The zero-order valence-corrected chi connectivity index (χ0v) is 13.9. The van der Waals surface area contributed by atoms with E-state index in [0.717, 1.165) is 35.2 Å². The van der Waals surface area contributed by atoms with Crippen molar-refractivity contribution >= 4 is 15.9 Å². The Morgan fingerprint density at radius 1 is 1.37 bits per heavy atom. The van der Waals surface area contributed by atoms with E-state index in [4.69, 9.17) is 4.74 Å². The highest BCUT2D eigenvalue weighted by molar-refractivity contribution is 9.10. The Morgan fingerprint density at radius 2 is 2.05 bits per heavy atom. The van der Waals surface area contributed by atoms with Crippen molar-refractivity contribution in [1.29, 1.82) is 0 Å². The van der Waals surface area contributed by atoms with Crippen LogP contribution in [0.3, 0.4) is 0 Å². The van der Waals surface area contributed by atoms with E-state index in [0.29, 0.717) is 13.0 Å². The molecule has 0 saturated heterocycles. The minimum Gasteiger partial charge on any atom is -0.390 e. The van der Waals surface area contributed by atoms with Crippen molar-refractivity contribution in [3.63, 3.8) is 0 Å². The van der Waals surface area contributed by atoms with Gasteiger partial charge in [-0.2, -0.15) is 5.10 Å². The molecule has 0 bridgehead atoms. The van der Waals surface area contributed by atoms with Crippen LogP contribution >= 0.6 is 15.9 Å². The Bertz CT molecular complexity index is 387. The lowest BCUT2D eigenvalue weighted by atomic mass is 10.0. The van der Waals surface area contributed by atoms with Crippen molar-refractivity contribution in [3.05, 3.63) is 15.9 Å². The summed E-state index contributed by atoms with van der Waals surface area (Å²) in [5.74, 6) is 0.